The quantitative estimate of drug-likeness (QED) is 0.630. The van der Waals surface area contributed by atoms with Crippen molar-refractivity contribution in [1.29, 1.82) is 0 Å². The molecule has 0 bridgehead atoms. The van der Waals surface area contributed by atoms with E-state index in [0.29, 0.717) is 0 Å². The Bertz CT molecular complexity index is 363. The minimum absolute atomic E-state index is 0.845. The van der Waals surface area contributed by atoms with Crippen LogP contribution in [0.3, 0.4) is 0 Å². The van der Waals surface area contributed by atoms with E-state index >= 15 is 0 Å². The Morgan fingerprint density at radius 3 is 2.79 bits per heavy atom. The average molecular weight is 207 g/mol. The zero-order valence-electron chi connectivity index (χ0n) is 8.52. The third-order valence-corrected chi connectivity index (χ3v) is 3.07. The van der Waals surface area contributed by atoms with Crippen molar-refractivity contribution in [2.24, 2.45) is 0 Å². The van der Waals surface area contributed by atoms with Gasteiger partial charge in [0, 0.05) is 5.02 Å². The van der Waals surface area contributed by atoms with Crippen molar-refractivity contribution < 1.29 is 0 Å². The van der Waals surface area contributed by atoms with Crippen LogP contribution in [-0.2, 0) is 0 Å². The predicted octanol–water partition coefficient (Wildman–Crippen LogP) is 4.61. The highest BCUT2D eigenvalue weighted by Crippen LogP contribution is 2.30. The van der Waals surface area contributed by atoms with E-state index in [4.69, 9.17) is 11.6 Å². The summed E-state index contributed by atoms with van der Waals surface area (Å²) in [7, 11) is 0. The zero-order valence-corrected chi connectivity index (χ0v) is 9.27. The lowest BCUT2D eigenvalue weighted by Crippen LogP contribution is -1.94. The maximum atomic E-state index is 6.01. The van der Waals surface area contributed by atoms with Crippen LogP contribution in [0.1, 0.15) is 36.8 Å². The summed E-state index contributed by atoms with van der Waals surface area (Å²) < 4.78 is 0. The number of hydrogen-bond donors (Lipinski definition) is 0. The van der Waals surface area contributed by atoms with Crippen LogP contribution >= 0.6 is 11.6 Å². The lowest BCUT2D eigenvalue weighted by molar-refractivity contribution is 0.741. The Kier molecular flexibility index (Phi) is 2.93. The molecule has 0 saturated heterocycles. The minimum atomic E-state index is 0.845. The van der Waals surface area contributed by atoms with E-state index in [1.54, 1.807) is 0 Å². The number of allylic oxidation sites excluding steroid dienone is 2. The Labute approximate surface area is 90.6 Å². The van der Waals surface area contributed by atoms with Gasteiger partial charge in [-0.3, -0.25) is 0 Å². The van der Waals surface area contributed by atoms with Gasteiger partial charge in [-0.1, -0.05) is 23.7 Å². The summed E-state index contributed by atoms with van der Waals surface area (Å²) in [4.78, 5) is 0. The first-order valence-electron chi connectivity index (χ1n) is 5.23. The van der Waals surface area contributed by atoms with Crippen molar-refractivity contribution in [2.75, 3.05) is 0 Å². The molecule has 1 aromatic rings. The number of aryl methyl sites for hydroxylation is 1. The van der Waals surface area contributed by atoms with Crippen molar-refractivity contribution in [3.8, 4) is 0 Å². The van der Waals surface area contributed by atoms with E-state index in [9.17, 15) is 0 Å². The molecule has 0 saturated carbocycles. The van der Waals surface area contributed by atoms with Crippen molar-refractivity contribution in [2.45, 2.75) is 32.6 Å². The van der Waals surface area contributed by atoms with Gasteiger partial charge in [-0.25, -0.2) is 0 Å². The van der Waals surface area contributed by atoms with Crippen molar-refractivity contribution >= 4 is 17.2 Å². The van der Waals surface area contributed by atoms with Crippen LogP contribution < -0.4 is 0 Å². The van der Waals surface area contributed by atoms with Gasteiger partial charge in [0.2, 0.25) is 0 Å². The maximum Gasteiger partial charge on any atom is 0.0412 e. The van der Waals surface area contributed by atoms with Crippen LogP contribution in [0.5, 0.6) is 0 Å². The van der Waals surface area contributed by atoms with E-state index < -0.39 is 0 Å². The fraction of sp³-hybridized carbons (Fsp3) is 0.385. The second-order valence-electron chi connectivity index (χ2n) is 3.93. The molecule has 0 aromatic heterocycles. The molecule has 0 radical (unpaired) electrons. The van der Waals surface area contributed by atoms with Gasteiger partial charge in [0.15, 0.2) is 0 Å². The van der Waals surface area contributed by atoms with E-state index in [0.717, 1.165) is 5.02 Å². The standard InChI is InChI=1S/C13H15Cl/c1-10-7-8-12(14)9-13(10)11-5-3-2-4-6-11/h5,7-9H,2-4,6H2,1H3. The predicted molar refractivity (Wildman–Crippen MR) is 62.6 cm³/mol. The van der Waals surface area contributed by atoms with E-state index in [-0.39, 0.29) is 0 Å². The van der Waals surface area contributed by atoms with Gasteiger partial charge in [0.1, 0.15) is 0 Å². The summed E-state index contributed by atoms with van der Waals surface area (Å²) in [6.07, 6.45) is 7.45. The third-order valence-electron chi connectivity index (χ3n) is 2.84. The molecular weight excluding hydrogens is 192 g/mol. The maximum absolute atomic E-state index is 6.01. The van der Waals surface area contributed by atoms with E-state index in [1.165, 1.54) is 42.4 Å². The van der Waals surface area contributed by atoms with Gasteiger partial charge < -0.3 is 0 Å². The average Bonchev–Trinajstić information content (AvgIpc) is 2.23. The van der Waals surface area contributed by atoms with E-state index in [2.05, 4.69) is 25.1 Å². The Morgan fingerprint density at radius 2 is 2.07 bits per heavy atom. The molecule has 0 N–H and O–H groups in total. The molecule has 0 fully saturated rings. The monoisotopic (exact) mass is 206 g/mol. The highest BCUT2D eigenvalue weighted by atomic mass is 35.5. The first-order valence-corrected chi connectivity index (χ1v) is 5.61. The first-order chi connectivity index (χ1) is 6.77. The number of rotatable bonds is 1. The fourth-order valence-corrected chi connectivity index (χ4v) is 2.20. The topological polar surface area (TPSA) is 0 Å². The zero-order chi connectivity index (χ0) is 9.97. The number of hydrogen-bond acceptors (Lipinski definition) is 0. The van der Waals surface area contributed by atoms with Gasteiger partial charge in [-0.05, 0) is 61.4 Å². The lowest BCUT2D eigenvalue weighted by Gasteiger charge is -2.15. The summed E-state index contributed by atoms with van der Waals surface area (Å²) in [6, 6.07) is 6.16. The van der Waals surface area contributed by atoms with Gasteiger partial charge in [-0.2, -0.15) is 0 Å². The third kappa shape index (κ3) is 2.01. The number of halogens is 1. The Hall–Kier alpha value is -0.750. The second kappa shape index (κ2) is 4.18. The molecule has 1 aliphatic carbocycles. The molecule has 0 spiro atoms. The molecule has 0 nitrogen and oxygen atoms in total. The van der Waals surface area contributed by atoms with E-state index in [1.807, 2.05) is 6.07 Å². The smallest absolute Gasteiger partial charge is 0.0412 e. The Balaban J connectivity index is 2.39. The van der Waals surface area contributed by atoms with Crippen LogP contribution in [0.15, 0.2) is 24.3 Å². The van der Waals surface area contributed by atoms with Crippen LogP contribution in [0.25, 0.3) is 5.57 Å². The number of benzene rings is 1. The van der Waals surface area contributed by atoms with Crippen LogP contribution in [0.2, 0.25) is 5.02 Å². The summed E-state index contributed by atoms with van der Waals surface area (Å²) in [5, 5.41) is 0.845. The van der Waals surface area contributed by atoms with Gasteiger partial charge in [-0.15, -0.1) is 0 Å². The lowest BCUT2D eigenvalue weighted by atomic mass is 9.91. The molecule has 0 atom stereocenters. The van der Waals surface area contributed by atoms with Crippen molar-refractivity contribution in [1.82, 2.24) is 0 Å². The second-order valence-corrected chi connectivity index (χ2v) is 4.37. The fourth-order valence-electron chi connectivity index (χ4n) is 2.02. The first kappa shape index (κ1) is 9.79. The minimum Gasteiger partial charge on any atom is -0.0843 e. The van der Waals surface area contributed by atoms with Crippen molar-refractivity contribution in [3.05, 3.63) is 40.4 Å². The van der Waals surface area contributed by atoms with Gasteiger partial charge >= 0.3 is 0 Å². The molecular formula is C13H15Cl. The highest BCUT2D eigenvalue weighted by molar-refractivity contribution is 6.30. The molecule has 14 heavy (non-hydrogen) atoms. The molecule has 0 amide bonds. The molecule has 0 heterocycles. The Morgan fingerprint density at radius 1 is 1.21 bits per heavy atom. The highest BCUT2D eigenvalue weighted by Gasteiger charge is 2.08. The summed E-state index contributed by atoms with van der Waals surface area (Å²) >= 11 is 6.01. The summed E-state index contributed by atoms with van der Waals surface area (Å²) in [5.74, 6) is 0. The summed E-state index contributed by atoms with van der Waals surface area (Å²) in [6.45, 7) is 2.15. The molecule has 0 aliphatic heterocycles. The van der Waals surface area contributed by atoms with Crippen LogP contribution in [-0.4, -0.2) is 0 Å². The normalized spacial score (nSPS) is 16.6. The largest absolute Gasteiger partial charge is 0.0843 e. The van der Waals surface area contributed by atoms with Crippen molar-refractivity contribution in [3.63, 3.8) is 0 Å². The van der Waals surface area contributed by atoms with Crippen LogP contribution in [0, 0.1) is 6.92 Å². The molecule has 0 unspecified atom stereocenters. The molecule has 74 valence electrons. The SMILES string of the molecule is Cc1ccc(Cl)cc1C1=CCCCC1. The molecule has 1 aliphatic rings. The van der Waals surface area contributed by atoms with Gasteiger partial charge in [0.05, 0.1) is 0 Å². The molecule has 1 aromatic carbocycles. The summed E-state index contributed by atoms with van der Waals surface area (Å²) in [5.41, 5.74) is 4.16. The van der Waals surface area contributed by atoms with Crippen LogP contribution in [0.4, 0.5) is 0 Å². The molecule has 2 rings (SSSR count). The van der Waals surface area contributed by atoms with Gasteiger partial charge in [0.25, 0.3) is 0 Å². The molecule has 1 heteroatoms.